The normalized spacial score (nSPS) is 20.0. The SMILES string of the molecule is CCOC(=O)C1=NN(c2ccc([N+](=O)[O-])cc2)[C@H]2C(=O)N(c3ccccc3Cl)C(=O)[C@H]12. The standard InChI is InChI=1S/C20H15ClN4O6/c1-2-31-20(28)16-15-17(24(22-16)11-7-9-12(10-8-11)25(29)30)19(27)23(18(15)26)14-6-4-3-5-13(14)21/h3-10,15,17H,2H2,1H3/t15-,17-/m1/s1. The predicted molar refractivity (Wildman–Crippen MR) is 111 cm³/mol. The van der Waals surface area contributed by atoms with E-state index < -0.39 is 34.7 Å². The number of halogens is 1. The molecule has 10 nitrogen and oxygen atoms in total. The summed E-state index contributed by atoms with van der Waals surface area (Å²) in [4.78, 5) is 50.3. The summed E-state index contributed by atoms with van der Waals surface area (Å²) in [5.41, 5.74) is 0.140. The maximum atomic E-state index is 13.3. The van der Waals surface area contributed by atoms with Gasteiger partial charge in [0.1, 0.15) is 12.0 Å². The van der Waals surface area contributed by atoms with Crippen molar-refractivity contribution in [3.05, 3.63) is 63.7 Å². The number of nitro benzene ring substituents is 1. The Hall–Kier alpha value is -3.79. The van der Waals surface area contributed by atoms with Crippen molar-refractivity contribution in [2.45, 2.75) is 13.0 Å². The highest BCUT2D eigenvalue weighted by atomic mass is 35.5. The lowest BCUT2D eigenvalue weighted by molar-refractivity contribution is -0.384. The number of nitrogens with zero attached hydrogens (tertiary/aromatic N) is 4. The van der Waals surface area contributed by atoms with E-state index in [1.165, 1.54) is 35.3 Å². The summed E-state index contributed by atoms with van der Waals surface area (Å²) >= 11 is 6.20. The molecule has 0 aliphatic carbocycles. The molecule has 0 unspecified atom stereocenters. The summed E-state index contributed by atoms with van der Waals surface area (Å²) < 4.78 is 5.02. The predicted octanol–water partition coefficient (Wildman–Crippen LogP) is 2.55. The Kier molecular flexibility index (Phi) is 5.15. The second-order valence-corrected chi connectivity index (χ2v) is 7.12. The molecule has 2 heterocycles. The first kappa shape index (κ1) is 20.5. The molecule has 2 aliphatic rings. The van der Waals surface area contributed by atoms with Gasteiger partial charge in [0, 0.05) is 12.1 Å². The third kappa shape index (κ3) is 3.30. The lowest BCUT2D eigenvalue weighted by Crippen LogP contribution is -2.39. The molecule has 2 aromatic rings. The minimum Gasteiger partial charge on any atom is -0.461 e. The molecule has 4 rings (SSSR count). The molecular weight excluding hydrogens is 428 g/mol. The maximum absolute atomic E-state index is 13.3. The maximum Gasteiger partial charge on any atom is 0.355 e. The van der Waals surface area contributed by atoms with Crippen molar-refractivity contribution < 1.29 is 24.0 Å². The highest BCUT2D eigenvalue weighted by molar-refractivity contribution is 6.48. The van der Waals surface area contributed by atoms with E-state index in [1.807, 2.05) is 0 Å². The monoisotopic (exact) mass is 442 g/mol. The summed E-state index contributed by atoms with van der Waals surface area (Å²) in [5.74, 6) is -3.29. The number of non-ortho nitro benzene ring substituents is 1. The number of para-hydroxylation sites is 1. The number of hydrogen-bond acceptors (Lipinski definition) is 8. The number of imide groups is 1. The molecule has 2 amide bonds. The van der Waals surface area contributed by atoms with Crippen LogP contribution < -0.4 is 9.91 Å². The largest absolute Gasteiger partial charge is 0.461 e. The third-order valence-electron chi connectivity index (χ3n) is 4.95. The number of hydrazone groups is 1. The van der Waals surface area contributed by atoms with Gasteiger partial charge in [-0.05, 0) is 31.2 Å². The summed E-state index contributed by atoms with van der Waals surface area (Å²) in [6.07, 6.45) is 0. The van der Waals surface area contributed by atoms with Gasteiger partial charge in [-0.1, -0.05) is 23.7 Å². The van der Waals surface area contributed by atoms with Crippen LogP contribution >= 0.6 is 11.6 Å². The number of anilines is 2. The average molecular weight is 443 g/mol. The molecule has 2 aliphatic heterocycles. The second kappa shape index (κ2) is 7.80. The van der Waals surface area contributed by atoms with E-state index >= 15 is 0 Å². The molecule has 31 heavy (non-hydrogen) atoms. The Bertz CT molecular complexity index is 1130. The number of carbonyl (C=O) groups is 3. The van der Waals surface area contributed by atoms with Gasteiger partial charge in [0.15, 0.2) is 5.71 Å². The van der Waals surface area contributed by atoms with Crippen molar-refractivity contribution in [2.24, 2.45) is 11.0 Å². The van der Waals surface area contributed by atoms with E-state index in [4.69, 9.17) is 16.3 Å². The Labute approximate surface area is 180 Å². The number of fused-ring (bicyclic) bond motifs is 1. The summed E-state index contributed by atoms with van der Waals surface area (Å²) in [5, 5.41) is 16.5. The number of ether oxygens (including phenoxy) is 1. The number of carbonyl (C=O) groups excluding carboxylic acids is 3. The van der Waals surface area contributed by atoms with Gasteiger partial charge in [0.25, 0.3) is 11.6 Å². The molecular formula is C20H15ClN4O6. The quantitative estimate of drug-likeness (QED) is 0.302. The van der Waals surface area contributed by atoms with Gasteiger partial charge >= 0.3 is 5.97 Å². The molecule has 0 spiro atoms. The van der Waals surface area contributed by atoms with Gasteiger partial charge < -0.3 is 4.74 Å². The van der Waals surface area contributed by atoms with Crippen molar-refractivity contribution in [3.63, 3.8) is 0 Å². The Morgan fingerprint density at radius 2 is 1.84 bits per heavy atom. The number of esters is 1. The fourth-order valence-electron chi connectivity index (χ4n) is 3.60. The van der Waals surface area contributed by atoms with Crippen LogP contribution in [0.4, 0.5) is 17.1 Å². The first-order valence-electron chi connectivity index (χ1n) is 9.26. The molecule has 0 saturated carbocycles. The fourth-order valence-corrected chi connectivity index (χ4v) is 3.82. The molecule has 0 radical (unpaired) electrons. The van der Waals surface area contributed by atoms with Crippen molar-refractivity contribution in [2.75, 3.05) is 16.5 Å². The smallest absolute Gasteiger partial charge is 0.355 e. The lowest BCUT2D eigenvalue weighted by atomic mass is 9.97. The van der Waals surface area contributed by atoms with E-state index in [-0.39, 0.29) is 28.7 Å². The van der Waals surface area contributed by atoms with E-state index in [0.29, 0.717) is 5.69 Å². The second-order valence-electron chi connectivity index (χ2n) is 6.71. The lowest BCUT2D eigenvalue weighted by Gasteiger charge is -2.22. The Morgan fingerprint density at radius 1 is 1.16 bits per heavy atom. The topological polar surface area (TPSA) is 122 Å². The molecule has 0 aromatic heterocycles. The van der Waals surface area contributed by atoms with E-state index in [1.54, 1.807) is 25.1 Å². The highest BCUT2D eigenvalue weighted by Gasteiger charge is 2.59. The van der Waals surface area contributed by atoms with Crippen LogP contribution in [0.5, 0.6) is 0 Å². The summed E-state index contributed by atoms with van der Waals surface area (Å²) in [6.45, 7) is 1.67. The zero-order valence-corrected chi connectivity index (χ0v) is 16.9. The van der Waals surface area contributed by atoms with Crippen LogP contribution in [0.1, 0.15) is 6.92 Å². The molecule has 2 atom stereocenters. The van der Waals surface area contributed by atoms with Gasteiger partial charge in [-0.2, -0.15) is 5.10 Å². The van der Waals surface area contributed by atoms with E-state index in [0.717, 1.165) is 4.90 Å². The molecule has 0 N–H and O–H groups in total. The van der Waals surface area contributed by atoms with Crippen LogP contribution in [-0.4, -0.2) is 41.1 Å². The first-order valence-corrected chi connectivity index (χ1v) is 9.64. The summed E-state index contributed by atoms with van der Waals surface area (Å²) in [7, 11) is 0. The summed E-state index contributed by atoms with van der Waals surface area (Å²) in [6, 6.07) is 10.5. The van der Waals surface area contributed by atoms with E-state index in [2.05, 4.69) is 5.10 Å². The van der Waals surface area contributed by atoms with Crippen LogP contribution in [0, 0.1) is 16.0 Å². The van der Waals surface area contributed by atoms with Crippen molar-refractivity contribution in [1.82, 2.24) is 0 Å². The van der Waals surface area contributed by atoms with E-state index in [9.17, 15) is 24.5 Å². The molecule has 1 fully saturated rings. The molecule has 2 aromatic carbocycles. The first-order chi connectivity index (χ1) is 14.8. The van der Waals surface area contributed by atoms with Crippen molar-refractivity contribution >= 4 is 52.2 Å². The fraction of sp³-hybridized carbons (Fsp3) is 0.200. The average Bonchev–Trinajstić information content (AvgIpc) is 3.26. The molecule has 158 valence electrons. The highest BCUT2D eigenvalue weighted by Crippen LogP contribution is 2.40. The zero-order valence-electron chi connectivity index (χ0n) is 16.1. The van der Waals surface area contributed by atoms with Gasteiger partial charge in [-0.3, -0.25) is 24.7 Å². The van der Waals surface area contributed by atoms with Crippen LogP contribution in [0.3, 0.4) is 0 Å². The molecule has 0 bridgehead atoms. The van der Waals surface area contributed by atoms with Crippen LogP contribution in [-0.2, 0) is 19.1 Å². The number of nitro groups is 1. The van der Waals surface area contributed by atoms with Crippen molar-refractivity contribution in [3.8, 4) is 0 Å². The number of hydrogen-bond donors (Lipinski definition) is 0. The molecule has 11 heteroatoms. The Balaban J connectivity index is 1.79. The minimum absolute atomic E-state index is 0.0587. The van der Waals surface area contributed by atoms with Crippen molar-refractivity contribution in [1.29, 1.82) is 0 Å². The number of amides is 2. The van der Waals surface area contributed by atoms with Gasteiger partial charge in [0.2, 0.25) is 5.91 Å². The zero-order chi connectivity index (χ0) is 22.3. The Morgan fingerprint density at radius 3 is 2.45 bits per heavy atom. The third-order valence-corrected chi connectivity index (χ3v) is 5.27. The van der Waals surface area contributed by atoms with Gasteiger partial charge in [-0.25, -0.2) is 9.69 Å². The van der Waals surface area contributed by atoms with Crippen LogP contribution in [0.2, 0.25) is 5.02 Å². The molecule has 1 saturated heterocycles. The van der Waals surface area contributed by atoms with Crippen LogP contribution in [0.15, 0.2) is 53.6 Å². The van der Waals surface area contributed by atoms with Gasteiger partial charge in [0.05, 0.1) is 27.9 Å². The number of rotatable bonds is 5. The van der Waals surface area contributed by atoms with Gasteiger partial charge in [-0.15, -0.1) is 0 Å². The minimum atomic E-state index is -1.20. The number of benzene rings is 2. The van der Waals surface area contributed by atoms with Crippen LogP contribution in [0.25, 0.3) is 0 Å².